The van der Waals surface area contributed by atoms with Crippen LogP contribution in [0.4, 0.5) is 5.82 Å². The molecular weight excluding hydrogens is 372 g/mol. The highest BCUT2D eigenvalue weighted by molar-refractivity contribution is 5.94. The number of methoxy groups -OCH3 is 2. The summed E-state index contributed by atoms with van der Waals surface area (Å²) >= 11 is 0. The minimum absolute atomic E-state index is 0.0813. The van der Waals surface area contributed by atoms with E-state index in [1.54, 1.807) is 31.2 Å². The highest BCUT2D eigenvalue weighted by Gasteiger charge is 2.32. The summed E-state index contributed by atoms with van der Waals surface area (Å²) in [4.78, 5) is 26.5. The maximum absolute atomic E-state index is 12.4. The third-order valence-electron chi connectivity index (χ3n) is 5.16. The lowest BCUT2D eigenvalue weighted by atomic mass is 9.86. The monoisotopic (exact) mass is 394 g/mol. The summed E-state index contributed by atoms with van der Waals surface area (Å²) in [6.45, 7) is 2.40. The number of nitrogens with one attached hydrogen (secondary N) is 2. The first kappa shape index (κ1) is 18.8. The SMILES string of the molecule is COc1ccc(Cn2nc(C)c3c2NC(=O)CC3c2ccc(=O)[nH]c2)cc1OC. The summed E-state index contributed by atoms with van der Waals surface area (Å²) in [6, 6.07) is 8.92. The molecule has 3 heterocycles. The zero-order valence-corrected chi connectivity index (χ0v) is 16.5. The minimum Gasteiger partial charge on any atom is -0.493 e. The Labute approximate surface area is 167 Å². The number of rotatable bonds is 5. The van der Waals surface area contributed by atoms with Crippen LogP contribution in [0.25, 0.3) is 0 Å². The number of anilines is 1. The molecule has 0 saturated carbocycles. The molecule has 0 saturated heterocycles. The Morgan fingerprint density at radius 1 is 1.14 bits per heavy atom. The Hall–Kier alpha value is -3.55. The van der Waals surface area contributed by atoms with Gasteiger partial charge in [0.25, 0.3) is 0 Å². The highest BCUT2D eigenvalue weighted by Crippen LogP contribution is 2.39. The van der Waals surface area contributed by atoms with E-state index in [-0.39, 0.29) is 17.4 Å². The van der Waals surface area contributed by atoms with Gasteiger partial charge in [0, 0.05) is 30.2 Å². The van der Waals surface area contributed by atoms with Crippen molar-refractivity contribution in [1.82, 2.24) is 14.8 Å². The van der Waals surface area contributed by atoms with Crippen LogP contribution >= 0.6 is 0 Å². The molecule has 1 amide bonds. The number of amides is 1. The Morgan fingerprint density at radius 2 is 1.93 bits per heavy atom. The van der Waals surface area contributed by atoms with Gasteiger partial charge in [-0.05, 0) is 30.2 Å². The summed E-state index contributed by atoms with van der Waals surface area (Å²) < 4.78 is 12.5. The standard InChI is InChI=1S/C21H22N4O4/c1-12-20-15(14-5-7-18(26)22-10-14)9-19(27)23-21(20)25(24-12)11-13-4-6-16(28-2)17(8-13)29-3/h4-8,10,15H,9,11H2,1-3H3,(H,22,26)(H,23,27). The molecule has 1 aromatic carbocycles. The molecule has 4 rings (SSSR count). The van der Waals surface area contributed by atoms with E-state index in [4.69, 9.17) is 9.47 Å². The second kappa shape index (κ2) is 7.46. The van der Waals surface area contributed by atoms with E-state index >= 15 is 0 Å². The van der Waals surface area contributed by atoms with Crippen molar-refractivity contribution in [2.75, 3.05) is 19.5 Å². The average Bonchev–Trinajstić information content (AvgIpc) is 3.03. The molecular formula is C21H22N4O4. The maximum atomic E-state index is 12.4. The van der Waals surface area contributed by atoms with Gasteiger partial charge in [-0.2, -0.15) is 5.10 Å². The second-order valence-electron chi connectivity index (χ2n) is 6.99. The molecule has 0 fully saturated rings. The van der Waals surface area contributed by atoms with Gasteiger partial charge in [0.05, 0.1) is 26.5 Å². The van der Waals surface area contributed by atoms with Crippen LogP contribution < -0.4 is 20.3 Å². The van der Waals surface area contributed by atoms with Gasteiger partial charge in [0.2, 0.25) is 11.5 Å². The van der Waals surface area contributed by atoms with E-state index in [2.05, 4.69) is 15.4 Å². The van der Waals surface area contributed by atoms with E-state index < -0.39 is 0 Å². The van der Waals surface area contributed by atoms with E-state index in [9.17, 15) is 9.59 Å². The van der Waals surface area contributed by atoms with Crippen LogP contribution in [0.15, 0.2) is 41.3 Å². The fourth-order valence-electron chi connectivity index (χ4n) is 3.81. The van der Waals surface area contributed by atoms with Gasteiger partial charge in [0.15, 0.2) is 11.5 Å². The lowest BCUT2D eigenvalue weighted by Crippen LogP contribution is -2.25. The third-order valence-corrected chi connectivity index (χ3v) is 5.16. The van der Waals surface area contributed by atoms with Crippen molar-refractivity contribution in [2.24, 2.45) is 0 Å². The minimum atomic E-state index is -0.171. The van der Waals surface area contributed by atoms with Crippen LogP contribution in [0.2, 0.25) is 0 Å². The smallest absolute Gasteiger partial charge is 0.247 e. The number of aryl methyl sites for hydroxylation is 1. The van der Waals surface area contributed by atoms with Crippen molar-refractivity contribution in [3.8, 4) is 11.5 Å². The van der Waals surface area contributed by atoms with Gasteiger partial charge in [-0.25, -0.2) is 4.68 Å². The number of carbonyl (C=O) groups is 1. The van der Waals surface area contributed by atoms with Crippen molar-refractivity contribution in [3.63, 3.8) is 0 Å². The molecule has 150 valence electrons. The molecule has 0 radical (unpaired) electrons. The Balaban J connectivity index is 1.73. The summed E-state index contributed by atoms with van der Waals surface area (Å²) in [6.07, 6.45) is 1.97. The fourth-order valence-corrected chi connectivity index (χ4v) is 3.81. The predicted molar refractivity (Wildman–Crippen MR) is 108 cm³/mol. The second-order valence-corrected chi connectivity index (χ2v) is 6.99. The fraction of sp³-hybridized carbons (Fsp3) is 0.286. The van der Waals surface area contributed by atoms with Crippen molar-refractivity contribution >= 4 is 11.7 Å². The number of hydrogen-bond donors (Lipinski definition) is 2. The first-order valence-corrected chi connectivity index (χ1v) is 9.27. The molecule has 0 spiro atoms. The maximum Gasteiger partial charge on any atom is 0.247 e. The van der Waals surface area contributed by atoms with E-state index in [0.717, 1.165) is 22.4 Å². The van der Waals surface area contributed by atoms with Gasteiger partial charge in [0.1, 0.15) is 5.82 Å². The molecule has 2 N–H and O–H groups in total. The van der Waals surface area contributed by atoms with Gasteiger partial charge in [-0.3, -0.25) is 9.59 Å². The molecule has 1 aliphatic rings. The number of pyridine rings is 1. The van der Waals surface area contributed by atoms with E-state index in [1.807, 2.05) is 25.1 Å². The number of benzene rings is 1. The van der Waals surface area contributed by atoms with Gasteiger partial charge < -0.3 is 19.8 Å². The Kier molecular flexibility index (Phi) is 4.84. The summed E-state index contributed by atoms with van der Waals surface area (Å²) in [5.74, 6) is 1.74. The zero-order chi connectivity index (χ0) is 20.5. The van der Waals surface area contributed by atoms with Crippen molar-refractivity contribution in [3.05, 3.63) is 69.3 Å². The number of carbonyl (C=O) groups excluding carboxylic acids is 1. The molecule has 0 aliphatic carbocycles. The molecule has 0 bridgehead atoms. The molecule has 2 aromatic heterocycles. The van der Waals surface area contributed by atoms with Gasteiger partial charge in [-0.15, -0.1) is 0 Å². The van der Waals surface area contributed by atoms with Crippen LogP contribution in [0.1, 0.15) is 34.7 Å². The summed E-state index contributed by atoms with van der Waals surface area (Å²) in [7, 11) is 3.19. The molecule has 8 nitrogen and oxygen atoms in total. The number of aromatic amines is 1. The van der Waals surface area contributed by atoms with Gasteiger partial charge >= 0.3 is 0 Å². The molecule has 1 aliphatic heterocycles. The molecule has 29 heavy (non-hydrogen) atoms. The molecule has 1 unspecified atom stereocenters. The number of H-pyrrole nitrogens is 1. The molecule has 3 aromatic rings. The predicted octanol–water partition coefficient (Wildman–Crippen LogP) is 2.42. The molecule has 8 heteroatoms. The van der Waals surface area contributed by atoms with Crippen LogP contribution in [0.5, 0.6) is 11.5 Å². The van der Waals surface area contributed by atoms with Crippen LogP contribution in [0, 0.1) is 6.92 Å². The first-order valence-electron chi connectivity index (χ1n) is 9.27. The van der Waals surface area contributed by atoms with Crippen LogP contribution in [-0.2, 0) is 11.3 Å². The molecule has 1 atom stereocenters. The summed E-state index contributed by atoms with van der Waals surface area (Å²) in [5.41, 5.74) is 3.49. The normalized spacial score (nSPS) is 15.6. The number of nitrogens with zero attached hydrogens (tertiary/aromatic N) is 2. The van der Waals surface area contributed by atoms with Crippen LogP contribution in [0.3, 0.4) is 0 Å². The lowest BCUT2D eigenvalue weighted by Gasteiger charge is -2.24. The van der Waals surface area contributed by atoms with Crippen molar-refractivity contribution < 1.29 is 14.3 Å². The van der Waals surface area contributed by atoms with Gasteiger partial charge in [-0.1, -0.05) is 12.1 Å². The number of aromatic nitrogens is 3. The third kappa shape index (κ3) is 3.49. The van der Waals surface area contributed by atoms with Crippen molar-refractivity contribution in [1.29, 1.82) is 0 Å². The van der Waals surface area contributed by atoms with E-state index in [0.29, 0.717) is 30.3 Å². The van der Waals surface area contributed by atoms with Crippen LogP contribution in [-0.4, -0.2) is 34.9 Å². The largest absolute Gasteiger partial charge is 0.493 e. The topological polar surface area (TPSA) is 98.2 Å². The Morgan fingerprint density at radius 3 is 2.62 bits per heavy atom. The van der Waals surface area contributed by atoms with E-state index in [1.165, 1.54) is 6.07 Å². The summed E-state index contributed by atoms with van der Waals surface area (Å²) in [5, 5.41) is 7.64. The number of fused-ring (bicyclic) bond motifs is 1. The lowest BCUT2D eigenvalue weighted by molar-refractivity contribution is -0.116. The number of ether oxygens (including phenoxy) is 2. The Bertz CT molecular complexity index is 1110. The van der Waals surface area contributed by atoms with Crippen molar-refractivity contribution in [2.45, 2.75) is 25.8 Å². The average molecular weight is 394 g/mol. The zero-order valence-electron chi connectivity index (χ0n) is 16.5. The first-order chi connectivity index (χ1) is 14.0. The number of hydrogen-bond acceptors (Lipinski definition) is 5. The quantitative estimate of drug-likeness (QED) is 0.693. The highest BCUT2D eigenvalue weighted by atomic mass is 16.5.